The van der Waals surface area contributed by atoms with Crippen LogP contribution in [0.5, 0.6) is 11.5 Å². The van der Waals surface area contributed by atoms with Crippen molar-refractivity contribution < 1.29 is 33.5 Å². The molecule has 176 valence electrons. The number of carbonyl (C=O) groups excluding carboxylic acids is 3. The number of esters is 2. The first kappa shape index (κ1) is 24.4. The van der Waals surface area contributed by atoms with Crippen molar-refractivity contribution in [3.05, 3.63) is 93.0 Å². The molecule has 0 unspecified atom stereocenters. The van der Waals surface area contributed by atoms with E-state index in [-0.39, 0.29) is 45.1 Å². The van der Waals surface area contributed by atoms with Crippen LogP contribution in [-0.4, -0.2) is 37.0 Å². The summed E-state index contributed by atoms with van der Waals surface area (Å²) in [5, 5.41) is 22.8. The van der Waals surface area contributed by atoms with E-state index in [1.807, 2.05) is 6.07 Å². The maximum atomic E-state index is 12.7. The molecule has 0 aliphatic heterocycles. The number of nitro groups is 1. The lowest BCUT2D eigenvalue weighted by Crippen LogP contribution is -2.13. The Morgan fingerprint density at radius 2 is 1.66 bits per heavy atom. The van der Waals surface area contributed by atoms with E-state index in [0.29, 0.717) is 0 Å². The molecular weight excluding hydrogens is 458 g/mol. The Labute approximate surface area is 198 Å². The number of methoxy groups -OCH3 is 2. The molecular formula is C24H17N3O8. The van der Waals surface area contributed by atoms with Crippen LogP contribution in [0.3, 0.4) is 0 Å². The lowest BCUT2D eigenvalue weighted by molar-refractivity contribution is -0.384. The molecule has 0 bridgehead atoms. The summed E-state index contributed by atoms with van der Waals surface area (Å²) in [6.07, 6.45) is 0. The van der Waals surface area contributed by atoms with Crippen LogP contribution in [-0.2, 0) is 9.47 Å². The number of non-ortho nitro benzene ring substituents is 1. The van der Waals surface area contributed by atoms with Gasteiger partial charge in [-0.3, -0.25) is 14.9 Å². The zero-order valence-corrected chi connectivity index (χ0v) is 18.4. The number of ether oxygens (including phenoxy) is 3. The van der Waals surface area contributed by atoms with Crippen molar-refractivity contribution in [1.82, 2.24) is 0 Å². The Bertz CT molecular complexity index is 1380. The number of nitro benzene ring substituents is 1. The first-order chi connectivity index (χ1) is 16.8. The fourth-order valence-corrected chi connectivity index (χ4v) is 3.02. The number of hydrogen-bond acceptors (Lipinski definition) is 9. The third kappa shape index (κ3) is 5.58. The molecule has 0 heterocycles. The molecule has 11 nitrogen and oxygen atoms in total. The smallest absolute Gasteiger partial charge is 0.338 e. The zero-order chi connectivity index (χ0) is 25.5. The van der Waals surface area contributed by atoms with Gasteiger partial charge >= 0.3 is 11.9 Å². The number of carbonyl (C=O) groups is 3. The van der Waals surface area contributed by atoms with Crippen molar-refractivity contribution in [1.29, 1.82) is 5.26 Å². The average Bonchev–Trinajstić information content (AvgIpc) is 2.88. The van der Waals surface area contributed by atoms with E-state index < -0.39 is 22.8 Å². The second-order valence-corrected chi connectivity index (χ2v) is 6.88. The highest BCUT2D eigenvalue weighted by Crippen LogP contribution is 2.32. The summed E-state index contributed by atoms with van der Waals surface area (Å²) in [6.45, 7) is 0. The summed E-state index contributed by atoms with van der Waals surface area (Å²) in [5.41, 5.74) is -0.0811. The maximum absolute atomic E-state index is 12.7. The minimum absolute atomic E-state index is 0.0166. The lowest BCUT2D eigenvalue weighted by atomic mass is 10.1. The number of nitrogens with one attached hydrogen (secondary N) is 1. The van der Waals surface area contributed by atoms with Crippen molar-refractivity contribution in [2.75, 3.05) is 19.5 Å². The fraction of sp³-hybridized carbons (Fsp3) is 0.0833. The molecule has 0 saturated heterocycles. The van der Waals surface area contributed by atoms with Crippen molar-refractivity contribution in [3.63, 3.8) is 0 Å². The Balaban J connectivity index is 1.97. The molecule has 11 heteroatoms. The second kappa shape index (κ2) is 10.6. The van der Waals surface area contributed by atoms with E-state index in [9.17, 15) is 29.8 Å². The monoisotopic (exact) mass is 475 g/mol. The molecule has 0 aliphatic rings. The highest BCUT2D eigenvalue weighted by Gasteiger charge is 2.20. The van der Waals surface area contributed by atoms with Crippen molar-refractivity contribution in [3.8, 4) is 17.6 Å². The van der Waals surface area contributed by atoms with Gasteiger partial charge in [0.2, 0.25) is 0 Å². The van der Waals surface area contributed by atoms with E-state index in [2.05, 4.69) is 10.1 Å². The van der Waals surface area contributed by atoms with Gasteiger partial charge in [0.1, 0.15) is 5.75 Å². The molecule has 0 radical (unpaired) electrons. The summed E-state index contributed by atoms with van der Waals surface area (Å²) in [4.78, 5) is 47.3. The van der Waals surface area contributed by atoms with Crippen molar-refractivity contribution >= 4 is 29.2 Å². The van der Waals surface area contributed by atoms with E-state index in [0.717, 1.165) is 13.2 Å². The van der Waals surface area contributed by atoms with Gasteiger partial charge in [-0.25, -0.2) is 9.59 Å². The van der Waals surface area contributed by atoms with Crippen LogP contribution in [0, 0.1) is 21.4 Å². The molecule has 35 heavy (non-hydrogen) atoms. The van der Waals surface area contributed by atoms with Crippen LogP contribution in [0.2, 0.25) is 0 Å². The first-order valence-electron chi connectivity index (χ1n) is 9.86. The number of hydrogen-bond donors (Lipinski definition) is 1. The van der Waals surface area contributed by atoms with Gasteiger partial charge in [0.05, 0.1) is 47.6 Å². The predicted octanol–water partition coefficient (Wildman–Crippen LogP) is 4.08. The number of anilines is 1. The van der Waals surface area contributed by atoms with Gasteiger partial charge in [-0.2, -0.15) is 5.26 Å². The highest BCUT2D eigenvalue weighted by atomic mass is 16.6. The SMILES string of the molecule is COC(=O)c1ccc(Oc2ccc(C#N)cc2NC(=O)c2cccc([N+](=O)[O-])c2)cc1C(=O)OC. The Hall–Kier alpha value is -5.24. The van der Waals surface area contributed by atoms with Crippen molar-refractivity contribution in [2.24, 2.45) is 0 Å². The molecule has 1 N–H and O–H groups in total. The first-order valence-corrected chi connectivity index (χ1v) is 9.86. The molecule has 0 spiro atoms. The summed E-state index contributed by atoms with van der Waals surface area (Å²) in [7, 11) is 2.32. The number of amides is 1. The molecule has 0 fully saturated rings. The molecule has 3 rings (SSSR count). The van der Waals surface area contributed by atoms with E-state index >= 15 is 0 Å². The van der Waals surface area contributed by atoms with Gasteiger partial charge in [-0.05, 0) is 42.5 Å². The van der Waals surface area contributed by atoms with Gasteiger partial charge < -0.3 is 19.5 Å². The number of nitriles is 1. The zero-order valence-electron chi connectivity index (χ0n) is 18.4. The van der Waals surface area contributed by atoms with E-state index in [4.69, 9.17) is 9.47 Å². The maximum Gasteiger partial charge on any atom is 0.338 e. The average molecular weight is 475 g/mol. The Morgan fingerprint density at radius 1 is 0.943 bits per heavy atom. The van der Waals surface area contributed by atoms with E-state index in [1.54, 1.807) is 0 Å². The fourth-order valence-electron chi connectivity index (χ4n) is 3.02. The number of rotatable bonds is 7. The van der Waals surface area contributed by atoms with Gasteiger partial charge in [-0.1, -0.05) is 6.07 Å². The molecule has 3 aromatic rings. The standard InChI is InChI=1S/C24H17N3O8/c1-33-23(29)18-8-7-17(12-19(18)24(30)34-2)35-21-9-6-14(13-25)10-20(21)26-22(28)15-4-3-5-16(11-15)27(31)32/h3-12H,1-2H3,(H,26,28). The molecule has 0 aromatic heterocycles. The quantitative estimate of drug-likeness (QED) is 0.302. The predicted molar refractivity (Wildman–Crippen MR) is 121 cm³/mol. The van der Waals surface area contributed by atoms with Gasteiger partial charge in [0.25, 0.3) is 11.6 Å². The molecule has 0 atom stereocenters. The van der Waals surface area contributed by atoms with Crippen molar-refractivity contribution in [2.45, 2.75) is 0 Å². The molecule has 1 amide bonds. The minimum atomic E-state index is -0.796. The second-order valence-electron chi connectivity index (χ2n) is 6.88. The minimum Gasteiger partial charge on any atom is -0.465 e. The van der Waals surface area contributed by atoms with Crippen LogP contribution in [0.15, 0.2) is 60.7 Å². The normalized spacial score (nSPS) is 9.97. The Kier molecular flexibility index (Phi) is 7.38. The van der Waals surface area contributed by atoms with Crippen LogP contribution in [0.25, 0.3) is 0 Å². The summed E-state index contributed by atoms with van der Waals surface area (Å²) in [6, 6.07) is 15.3. The summed E-state index contributed by atoms with van der Waals surface area (Å²) >= 11 is 0. The largest absolute Gasteiger partial charge is 0.465 e. The Morgan fingerprint density at radius 3 is 2.31 bits per heavy atom. The lowest BCUT2D eigenvalue weighted by Gasteiger charge is -2.14. The molecule has 0 saturated carbocycles. The van der Waals surface area contributed by atoms with Crippen LogP contribution < -0.4 is 10.1 Å². The van der Waals surface area contributed by atoms with Gasteiger partial charge in [0, 0.05) is 17.7 Å². The third-order valence-corrected chi connectivity index (χ3v) is 4.71. The van der Waals surface area contributed by atoms with Crippen LogP contribution >= 0.6 is 0 Å². The highest BCUT2D eigenvalue weighted by molar-refractivity contribution is 6.05. The number of benzene rings is 3. The third-order valence-electron chi connectivity index (χ3n) is 4.71. The number of nitrogens with zero attached hydrogens (tertiary/aromatic N) is 2. The van der Waals surface area contributed by atoms with Gasteiger partial charge in [-0.15, -0.1) is 0 Å². The van der Waals surface area contributed by atoms with E-state index in [1.165, 1.54) is 61.7 Å². The van der Waals surface area contributed by atoms with Crippen LogP contribution in [0.1, 0.15) is 36.6 Å². The van der Waals surface area contributed by atoms with Gasteiger partial charge in [0.15, 0.2) is 5.75 Å². The molecule has 0 aliphatic carbocycles. The topological polar surface area (TPSA) is 158 Å². The van der Waals surface area contributed by atoms with Crippen LogP contribution in [0.4, 0.5) is 11.4 Å². The summed E-state index contributed by atoms with van der Waals surface area (Å²) in [5.74, 6) is -2.00. The summed E-state index contributed by atoms with van der Waals surface area (Å²) < 4.78 is 15.2. The molecule has 3 aromatic carbocycles.